The van der Waals surface area contributed by atoms with Crippen LogP contribution in [-0.4, -0.2) is 37.1 Å². The molecule has 2 nitrogen and oxygen atoms in total. The maximum absolute atomic E-state index is 3.61. The van der Waals surface area contributed by atoms with Crippen molar-refractivity contribution in [1.82, 2.24) is 10.2 Å². The van der Waals surface area contributed by atoms with Crippen LogP contribution in [0, 0.1) is 5.92 Å². The van der Waals surface area contributed by atoms with Crippen molar-refractivity contribution in [3.05, 3.63) is 0 Å². The molecule has 14 heavy (non-hydrogen) atoms. The molecule has 1 saturated carbocycles. The van der Waals surface area contributed by atoms with Crippen LogP contribution in [0.3, 0.4) is 0 Å². The van der Waals surface area contributed by atoms with E-state index in [1.165, 1.54) is 45.2 Å². The lowest BCUT2D eigenvalue weighted by molar-refractivity contribution is 0.154. The van der Waals surface area contributed by atoms with Gasteiger partial charge in [0.15, 0.2) is 0 Å². The van der Waals surface area contributed by atoms with E-state index in [-0.39, 0.29) is 0 Å². The summed E-state index contributed by atoms with van der Waals surface area (Å²) >= 11 is 0. The average Bonchev–Trinajstić information content (AvgIpc) is 2.45. The molecule has 0 bridgehead atoms. The Hall–Kier alpha value is -0.0800. The van der Waals surface area contributed by atoms with Crippen molar-refractivity contribution >= 4 is 0 Å². The number of hydrogen-bond acceptors (Lipinski definition) is 2. The molecule has 2 heteroatoms. The fourth-order valence-corrected chi connectivity index (χ4v) is 2.61. The first-order valence-electron chi connectivity index (χ1n) is 6.19. The van der Waals surface area contributed by atoms with Crippen molar-refractivity contribution in [3.8, 4) is 0 Å². The highest BCUT2D eigenvalue weighted by atomic mass is 15.1. The predicted molar refractivity (Wildman–Crippen MR) is 60.5 cm³/mol. The van der Waals surface area contributed by atoms with Crippen LogP contribution in [0.2, 0.25) is 0 Å². The number of nitrogens with zero attached hydrogens (tertiary/aromatic N) is 1. The quantitative estimate of drug-likeness (QED) is 0.738. The van der Waals surface area contributed by atoms with E-state index in [1.807, 2.05) is 0 Å². The molecule has 1 heterocycles. The zero-order valence-corrected chi connectivity index (χ0v) is 9.63. The summed E-state index contributed by atoms with van der Waals surface area (Å²) in [5.41, 5.74) is 0. The van der Waals surface area contributed by atoms with Gasteiger partial charge in [-0.15, -0.1) is 0 Å². The van der Waals surface area contributed by atoms with Gasteiger partial charge >= 0.3 is 0 Å². The third-order valence-electron chi connectivity index (χ3n) is 3.97. The monoisotopic (exact) mass is 196 g/mol. The summed E-state index contributed by atoms with van der Waals surface area (Å²) < 4.78 is 0. The summed E-state index contributed by atoms with van der Waals surface area (Å²) in [6.07, 6.45) is 7.06. The van der Waals surface area contributed by atoms with E-state index in [0.717, 1.165) is 18.0 Å². The molecule has 2 fully saturated rings. The van der Waals surface area contributed by atoms with Crippen molar-refractivity contribution in [2.24, 2.45) is 5.92 Å². The van der Waals surface area contributed by atoms with E-state index in [2.05, 4.69) is 24.2 Å². The Kier molecular flexibility index (Phi) is 3.45. The molecule has 1 aliphatic heterocycles. The minimum Gasteiger partial charge on any atom is -0.314 e. The predicted octanol–water partition coefficient (Wildman–Crippen LogP) is 1.86. The van der Waals surface area contributed by atoms with E-state index < -0.39 is 0 Å². The van der Waals surface area contributed by atoms with Crippen LogP contribution >= 0.6 is 0 Å². The highest BCUT2D eigenvalue weighted by molar-refractivity contribution is 4.82. The lowest BCUT2D eigenvalue weighted by Crippen LogP contribution is -2.39. The van der Waals surface area contributed by atoms with Crippen LogP contribution in [0.25, 0.3) is 0 Å². The van der Waals surface area contributed by atoms with Crippen LogP contribution in [0.1, 0.15) is 39.0 Å². The molecule has 1 N–H and O–H groups in total. The number of rotatable bonds is 4. The molecule has 0 aromatic rings. The van der Waals surface area contributed by atoms with Gasteiger partial charge in [-0.2, -0.15) is 0 Å². The Morgan fingerprint density at radius 1 is 1.36 bits per heavy atom. The summed E-state index contributed by atoms with van der Waals surface area (Å²) in [5.74, 6) is 0.897. The SMILES string of the molecule is CC1CNC(CCN(C)C2CCC2)C1. The Labute approximate surface area is 88.1 Å². The van der Waals surface area contributed by atoms with Gasteiger partial charge in [-0.1, -0.05) is 13.3 Å². The fraction of sp³-hybridized carbons (Fsp3) is 1.00. The normalized spacial score (nSPS) is 33.6. The van der Waals surface area contributed by atoms with Crippen molar-refractivity contribution in [3.63, 3.8) is 0 Å². The van der Waals surface area contributed by atoms with Crippen LogP contribution in [-0.2, 0) is 0 Å². The largest absolute Gasteiger partial charge is 0.314 e. The van der Waals surface area contributed by atoms with E-state index in [9.17, 15) is 0 Å². The van der Waals surface area contributed by atoms with Gasteiger partial charge in [-0.05, 0) is 51.7 Å². The van der Waals surface area contributed by atoms with Gasteiger partial charge in [0.05, 0.1) is 0 Å². The van der Waals surface area contributed by atoms with Gasteiger partial charge in [0.1, 0.15) is 0 Å². The molecule has 1 saturated heterocycles. The van der Waals surface area contributed by atoms with Crippen LogP contribution in [0.5, 0.6) is 0 Å². The number of nitrogens with one attached hydrogen (secondary N) is 1. The highest BCUT2D eigenvalue weighted by Crippen LogP contribution is 2.24. The van der Waals surface area contributed by atoms with Crippen LogP contribution < -0.4 is 5.32 Å². The Morgan fingerprint density at radius 3 is 2.64 bits per heavy atom. The minimum atomic E-state index is 0.799. The molecule has 0 aromatic heterocycles. The van der Waals surface area contributed by atoms with Gasteiger partial charge in [0.2, 0.25) is 0 Å². The second kappa shape index (κ2) is 4.63. The molecule has 2 atom stereocenters. The zero-order chi connectivity index (χ0) is 9.97. The lowest BCUT2D eigenvalue weighted by Gasteiger charge is -2.35. The van der Waals surface area contributed by atoms with E-state index >= 15 is 0 Å². The van der Waals surface area contributed by atoms with E-state index in [1.54, 1.807) is 0 Å². The second-order valence-electron chi connectivity index (χ2n) is 5.30. The van der Waals surface area contributed by atoms with Crippen molar-refractivity contribution in [2.45, 2.75) is 51.1 Å². The average molecular weight is 196 g/mol. The first-order chi connectivity index (χ1) is 6.75. The van der Waals surface area contributed by atoms with Gasteiger partial charge in [0, 0.05) is 12.1 Å². The van der Waals surface area contributed by atoms with Gasteiger partial charge < -0.3 is 10.2 Å². The maximum atomic E-state index is 3.61. The maximum Gasteiger partial charge on any atom is 0.00922 e. The van der Waals surface area contributed by atoms with Crippen molar-refractivity contribution in [1.29, 1.82) is 0 Å². The summed E-state index contributed by atoms with van der Waals surface area (Å²) in [4.78, 5) is 2.56. The first kappa shape index (κ1) is 10.4. The molecule has 2 aliphatic rings. The molecule has 1 aliphatic carbocycles. The zero-order valence-electron chi connectivity index (χ0n) is 9.63. The highest BCUT2D eigenvalue weighted by Gasteiger charge is 2.24. The molecule has 0 radical (unpaired) electrons. The Balaban J connectivity index is 1.61. The third kappa shape index (κ3) is 2.48. The minimum absolute atomic E-state index is 0.799. The van der Waals surface area contributed by atoms with Crippen LogP contribution in [0.4, 0.5) is 0 Å². The molecular weight excluding hydrogens is 172 g/mol. The molecule has 2 rings (SSSR count). The Bertz CT molecular complexity index is 175. The molecule has 0 aromatic carbocycles. The second-order valence-corrected chi connectivity index (χ2v) is 5.30. The van der Waals surface area contributed by atoms with Crippen LogP contribution in [0.15, 0.2) is 0 Å². The topological polar surface area (TPSA) is 15.3 Å². The molecule has 2 unspecified atom stereocenters. The summed E-state index contributed by atoms with van der Waals surface area (Å²) in [6.45, 7) is 4.87. The van der Waals surface area contributed by atoms with Gasteiger partial charge in [0.25, 0.3) is 0 Å². The standard InChI is InChI=1S/C12H24N2/c1-10-8-11(13-9-10)6-7-14(2)12-4-3-5-12/h10-13H,3-9H2,1-2H3. The summed E-state index contributed by atoms with van der Waals surface area (Å²) in [7, 11) is 2.29. The Morgan fingerprint density at radius 2 is 2.14 bits per heavy atom. The smallest absolute Gasteiger partial charge is 0.00922 e. The third-order valence-corrected chi connectivity index (χ3v) is 3.97. The van der Waals surface area contributed by atoms with Gasteiger partial charge in [-0.25, -0.2) is 0 Å². The number of hydrogen-bond donors (Lipinski definition) is 1. The first-order valence-corrected chi connectivity index (χ1v) is 6.19. The molecule has 82 valence electrons. The fourth-order valence-electron chi connectivity index (χ4n) is 2.61. The molecule has 0 amide bonds. The van der Waals surface area contributed by atoms with E-state index in [4.69, 9.17) is 0 Å². The summed E-state index contributed by atoms with van der Waals surface area (Å²) in [5, 5.41) is 3.61. The molecule has 0 spiro atoms. The van der Waals surface area contributed by atoms with E-state index in [0.29, 0.717) is 0 Å². The van der Waals surface area contributed by atoms with Gasteiger partial charge in [-0.3, -0.25) is 0 Å². The molecular formula is C12H24N2. The summed E-state index contributed by atoms with van der Waals surface area (Å²) in [6, 6.07) is 1.71. The lowest BCUT2D eigenvalue weighted by atomic mass is 9.91. The van der Waals surface area contributed by atoms with Crippen molar-refractivity contribution < 1.29 is 0 Å². The van der Waals surface area contributed by atoms with Crippen molar-refractivity contribution in [2.75, 3.05) is 20.1 Å².